The van der Waals surface area contributed by atoms with E-state index in [-0.39, 0.29) is 18.1 Å². The smallest absolute Gasteiger partial charge is 0.376 e. The van der Waals surface area contributed by atoms with E-state index in [2.05, 4.69) is 17.4 Å². The van der Waals surface area contributed by atoms with E-state index in [1.807, 2.05) is 48.6 Å². The Kier molecular flexibility index (Phi) is 9.14. The molecule has 40 heavy (non-hydrogen) atoms. The van der Waals surface area contributed by atoms with E-state index in [0.29, 0.717) is 22.9 Å². The van der Waals surface area contributed by atoms with Crippen molar-refractivity contribution in [2.75, 3.05) is 16.8 Å². The molecule has 9 heteroatoms. The molecular weight excluding hydrogens is 516 g/mol. The van der Waals surface area contributed by atoms with Crippen molar-refractivity contribution in [2.24, 2.45) is 0 Å². The fourth-order valence-corrected chi connectivity index (χ4v) is 4.87. The van der Waals surface area contributed by atoms with Gasteiger partial charge < -0.3 is 15.7 Å². The monoisotopic (exact) mass is 549 g/mol. The minimum Gasteiger partial charge on any atom is -0.477 e. The molecule has 0 aliphatic heterocycles. The second-order valence-corrected chi connectivity index (χ2v) is 10.2. The maximum Gasteiger partial charge on any atom is 0.376 e. The molecule has 1 fully saturated rings. The number of nitrogens with zero attached hydrogens (tertiary/aromatic N) is 1. The number of carboxylic acids is 1. The minimum absolute atomic E-state index is 0.0949. The van der Waals surface area contributed by atoms with Crippen molar-refractivity contribution >= 4 is 29.3 Å². The average Bonchev–Trinajstić information content (AvgIpc) is 2.95. The lowest BCUT2D eigenvalue weighted by Crippen LogP contribution is -2.42. The molecule has 0 unspecified atom stereocenters. The SMILES string of the molecule is Cc1cccc(NC(=O)N(Cc2ccc(C(=O)NCC(F)(F)C(=O)O)cc2)c2ccc(C3CCCCC3)cc2)c1. The van der Waals surface area contributed by atoms with Crippen LogP contribution in [0.15, 0.2) is 72.8 Å². The van der Waals surface area contributed by atoms with Crippen LogP contribution in [0.3, 0.4) is 0 Å². The van der Waals surface area contributed by atoms with Crippen LogP contribution in [-0.4, -0.2) is 35.5 Å². The van der Waals surface area contributed by atoms with Crippen LogP contribution in [0.5, 0.6) is 0 Å². The summed E-state index contributed by atoms with van der Waals surface area (Å²) in [6, 6.07) is 21.4. The van der Waals surface area contributed by atoms with Gasteiger partial charge >= 0.3 is 17.9 Å². The molecule has 1 aliphatic carbocycles. The quantitative estimate of drug-likeness (QED) is 0.276. The number of alkyl halides is 2. The van der Waals surface area contributed by atoms with Crippen molar-refractivity contribution < 1.29 is 28.3 Å². The lowest BCUT2D eigenvalue weighted by molar-refractivity contribution is -0.163. The predicted molar refractivity (Wildman–Crippen MR) is 150 cm³/mol. The van der Waals surface area contributed by atoms with Gasteiger partial charge in [-0.1, -0.05) is 55.7 Å². The van der Waals surface area contributed by atoms with E-state index in [0.717, 1.165) is 5.56 Å². The number of amides is 3. The van der Waals surface area contributed by atoms with Crippen LogP contribution in [0.4, 0.5) is 25.0 Å². The van der Waals surface area contributed by atoms with Gasteiger partial charge in [-0.2, -0.15) is 8.78 Å². The van der Waals surface area contributed by atoms with Crippen molar-refractivity contribution in [2.45, 2.75) is 57.4 Å². The van der Waals surface area contributed by atoms with Gasteiger partial charge in [0, 0.05) is 16.9 Å². The van der Waals surface area contributed by atoms with Crippen LogP contribution in [-0.2, 0) is 11.3 Å². The third kappa shape index (κ3) is 7.43. The largest absolute Gasteiger partial charge is 0.477 e. The number of hydrogen-bond donors (Lipinski definition) is 3. The molecule has 3 aromatic rings. The number of benzene rings is 3. The molecule has 210 valence electrons. The van der Waals surface area contributed by atoms with Crippen molar-refractivity contribution in [1.29, 1.82) is 0 Å². The van der Waals surface area contributed by atoms with Gasteiger partial charge in [-0.3, -0.25) is 9.69 Å². The van der Waals surface area contributed by atoms with Gasteiger partial charge in [0.05, 0.1) is 13.1 Å². The number of aryl methyl sites for hydroxylation is 1. The zero-order valence-electron chi connectivity index (χ0n) is 22.3. The summed E-state index contributed by atoms with van der Waals surface area (Å²) in [6.07, 6.45) is 6.08. The molecule has 0 bridgehead atoms. The number of carboxylic acid groups (broad SMARTS) is 1. The Balaban J connectivity index is 1.51. The number of carbonyl (C=O) groups excluding carboxylic acids is 2. The van der Waals surface area contributed by atoms with Gasteiger partial charge in [-0.15, -0.1) is 0 Å². The highest BCUT2D eigenvalue weighted by Crippen LogP contribution is 2.33. The number of anilines is 2. The first-order valence-electron chi connectivity index (χ1n) is 13.4. The van der Waals surface area contributed by atoms with Gasteiger partial charge in [0.15, 0.2) is 0 Å². The van der Waals surface area contributed by atoms with E-state index in [9.17, 15) is 23.2 Å². The van der Waals surface area contributed by atoms with Crippen molar-refractivity contribution in [3.05, 3.63) is 95.1 Å². The first kappa shape index (κ1) is 28.7. The third-order valence-corrected chi connectivity index (χ3v) is 7.14. The second-order valence-electron chi connectivity index (χ2n) is 10.2. The number of rotatable bonds is 9. The fraction of sp³-hybridized carbons (Fsp3) is 0.323. The molecule has 4 rings (SSSR count). The molecule has 0 heterocycles. The minimum atomic E-state index is -4.06. The standard InChI is InChI=1S/C31H33F2N3O4/c1-21-6-5-9-26(18-21)35-30(40)36(27-16-14-24(15-17-27)23-7-3-2-4-8-23)19-22-10-12-25(13-11-22)28(37)34-20-31(32,33)29(38)39/h5-6,9-18,23H,2-4,7-8,19-20H2,1H3,(H,34,37)(H,35,40)(H,38,39). The number of urea groups is 1. The predicted octanol–water partition coefficient (Wildman–Crippen LogP) is 6.73. The summed E-state index contributed by atoms with van der Waals surface area (Å²) >= 11 is 0. The second kappa shape index (κ2) is 12.7. The van der Waals surface area contributed by atoms with Gasteiger partial charge in [-0.25, -0.2) is 9.59 Å². The van der Waals surface area contributed by atoms with Gasteiger partial charge in [0.25, 0.3) is 5.91 Å². The van der Waals surface area contributed by atoms with Crippen molar-refractivity contribution in [3.8, 4) is 0 Å². The summed E-state index contributed by atoms with van der Waals surface area (Å²) < 4.78 is 26.6. The molecule has 1 aliphatic rings. The summed E-state index contributed by atoms with van der Waals surface area (Å²) in [5, 5.41) is 13.4. The zero-order valence-corrected chi connectivity index (χ0v) is 22.3. The Morgan fingerprint density at radius 1 is 0.950 bits per heavy atom. The molecule has 0 aromatic heterocycles. The van der Waals surface area contributed by atoms with Crippen LogP contribution in [0.25, 0.3) is 0 Å². The number of carbonyl (C=O) groups is 3. The summed E-state index contributed by atoms with van der Waals surface area (Å²) in [6.45, 7) is 0.823. The first-order valence-corrected chi connectivity index (χ1v) is 13.4. The normalized spacial score (nSPS) is 13.9. The highest BCUT2D eigenvalue weighted by atomic mass is 19.3. The zero-order chi connectivity index (χ0) is 28.7. The number of nitrogens with one attached hydrogen (secondary N) is 2. The maximum atomic E-state index is 13.5. The number of hydrogen-bond acceptors (Lipinski definition) is 3. The fourth-order valence-electron chi connectivity index (χ4n) is 4.87. The molecule has 0 saturated heterocycles. The van der Waals surface area contributed by atoms with E-state index in [1.165, 1.54) is 49.8 Å². The van der Waals surface area contributed by atoms with Crippen LogP contribution in [0.1, 0.15) is 65.1 Å². The number of halogens is 2. The molecule has 1 saturated carbocycles. The molecule has 3 N–H and O–H groups in total. The van der Waals surface area contributed by atoms with Crippen LogP contribution in [0, 0.1) is 6.92 Å². The van der Waals surface area contributed by atoms with E-state index >= 15 is 0 Å². The lowest BCUT2D eigenvalue weighted by atomic mass is 9.84. The Bertz CT molecular complexity index is 1340. The molecule has 0 radical (unpaired) electrons. The third-order valence-electron chi connectivity index (χ3n) is 7.14. The van der Waals surface area contributed by atoms with Crippen LogP contribution >= 0.6 is 0 Å². The molecule has 3 aromatic carbocycles. The maximum absolute atomic E-state index is 13.5. The highest BCUT2D eigenvalue weighted by molar-refractivity contribution is 6.01. The Labute approximate surface area is 232 Å². The summed E-state index contributed by atoms with van der Waals surface area (Å²) in [7, 11) is 0. The van der Waals surface area contributed by atoms with Crippen LogP contribution < -0.4 is 15.5 Å². The highest BCUT2D eigenvalue weighted by Gasteiger charge is 2.39. The average molecular weight is 550 g/mol. The van der Waals surface area contributed by atoms with E-state index in [1.54, 1.807) is 17.0 Å². The van der Waals surface area contributed by atoms with E-state index < -0.39 is 24.3 Å². The lowest BCUT2D eigenvalue weighted by Gasteiger charge is -2.26. The summed E-state index contributed by atoms with van der Waals surface area (Å²) in [4.78, 5) is 37.9. The molecule has 3 amide bonds. The Hall–Kier alpha value is -4.27. The molecule has 0 atom stereocenters. The topological polar surface area (TPSA) is 98.7 Å². The summed E-state index contributed by atoms with van der Waals surface area (Å²) in [5.41, 5.74) is 4.46. The van der Waals surface area contributed by atoms with Gasteiger partial charge in [-0.05, 0) is 78.8 Å². The number of aliphatic carboxylic acids is 1. The first-order chi connectivity index (χ1) is 19.1. The molecule has 7 nitrogen and oxygen atoms in total. The molecular formula is C31H33F2N3O4. The van der Waals surface area contributed by atoms with Crippen LogP contribution in [0.2, 0.25) is 0 Å². The Morgan fingerprint density at radius 3 is 2.25 bits per heavy atom. The molecule has 0 spiro atoms. The van der Waals surface area contributed by atoms with Crippen molar-refractivity contribution in [3.63, 3.8) is 0 Å². The van der Waals surface area contributed by atoms with Gasteiger partial charge in [0.2, 0.25) is 0 Å². The Morgan fingerprint density at radius 2 is 1.62 bits per heavy atom. The summed E-state index contributed by atoms with van der Waals surface area (Å²) in [5.74, 6) is -6.65. The van der Waals surface area contributed by atoms with Crippen molar-refractivity contribution in [1.82, 2.24) is 5.32 Å². The van der Waals surface area contributed by atoms with E-state index in [4.69, 9.17) is 5.11 Å². The van der Waals surface area contributed by atoms with Gasteiger partial charge in [0.1, 0.15) is 0 Å².